The van der Waals surface area contributed by atoms with Crippen LogP contribution in [0.4, 0.5) is 5.69 Å². The predicted octanol–water partition coefficient (Wildman–Crippen LogP) is 0.848. The summed E-state index contributed by atoms with van der Waals surface area (Å²) in [5, 5.41) is 12.2. The van der Waals surface area contributed by atoms with Crippen LogP contribution in [0.1, 0.15) is 13.3 Å². The number of Topliss-reactive ketones (excluding diaryl/α,β-unsaturated/α-hetero) is 2. The number of carbonyl (C=O) groups excluding carboxylic acids is 2. The smallest absolute Gasteiger partial charge is 0.272 e. The highest BCUT2D eigenvalue weighted by Gasteiger charge is 2.08. The Hall–Kier alpha value is -2.90. The fourth-order valence-electron chi connectivity index (χ4n) is 1.82. The van der Waals surface area contributed by atoms with Crippen molar-refractivity contribution < 1.29 is 9.59 Å². The number of ketones is 2. The molecular weight excluding hydrogens is 276 g/mol. The first-order chi connectivity index (χ1) is 9.99. The van der Waals surface area contributed by atoms with Crippen molar-refractivity contribution in [2.45, 2.75) is 13.3 Å². The summed E-state index contributed by atoms with van der Waals surface area (Å²) in [6.07, 6.45) is -0.200. The summed E-state index contributed by atoms with van der Waals surface area (Å²) in [5.41, 5.74) is -0.765. The molecule has 0 radical (unpaired) electrons. The molecule has 1 aromatic heterocycles. The fraction of sp³-hybridized carbons (Fsp3) is 0.231. The van der Waals surface area contributed by atoms with Gasteiger partial charge < -0.3 is 0 Å². The minimum absolute atomic E-state index is 0.101. The summed E-state index contributed by atoms with van der Waals surface area (Å²) in [6, 6.07) is 4.56. The number of aromatic amines is 2. The summed E-state index contributed by atoms with van der Waals surface area (Å²) in [7, 11) is 0. The number of hydrogen-bond donors (Lipinski definition) is 2. The van der Waals surface area contributed by atoms with Gasteiger partial charge in [-0.2, -0.15) is 10.2 Å². The molecule has 2 rings (SSSR count). The van der Waals surface area contributed by atoms with E-state index in [2.05, 4.69) is 20.4 Å². The Kier molecular flexibility index (Phi) is 4.17. The maximum Gasteiger partial charge on any atom is 0.272 e. The van der Waals surface area contributed by atoms with E-state index in [4.69, 9.17) is 0 Å². The van der Waals surface area contributed by atoms with Crippen molar-refractivity contribution in [3.63, 3.8) is 0 Å². The number of azo groups is 1. The van der Waals surface area contributed by atoms with Crippen LogP contribution >= 0.6 is 0 Å². The third-order valence-electron chi connectivity index (χ3n) is 2.68. The first-order valence-corrected chi connectivity index (χ1v) is 6.11. The number of nitrogens with one attached hydrogen (secondary N) is 2. The largest absolute Gasteiger partial charge is 0.300 e. The topological polar surface area (TPSA) is 125 Å². The molecule has 8 heteroatoms. The average molecular weight is 288 g/mol. The molecule has 0 atom stereocenters. The molecule has 0 spiro atoms. The highest BCUT2D eigenvalue weighted by Crippen LogP contribution is 2.20. The van der Waals surface area contributed by atoms with Gasteiger partial charge >= 0.3 is 0 Å². The molecule has 0 unspecified atom stereocenters. The maximum atomic E-state index is 11.8. The van der Waals surface area contributed by atoms with Crippen LogP contribution in [0.2, 0.25) is 0 Å². The zero-order valence-electron chi connectivity index (χ0n) is 11.2. The summed E-state index contributed by atoms with van der Waals surface area (Å²) < 4.78 is 0. The van der Waals surface area contributed by atoms with Gasteiger partial charge in [0, 0.05) is 0 Å². The molecule has 0 aliphatic carbocycles. The van der Waals surface area contributed by atoms with Gasteiger partial charge in [0.25, 0.3) is 11.1 Å². The summed E-state index contributed by atoms with van der Waals surface area (Å²) >= 11 is 0. The van der Waals surface area contributed by atoms with E-state index in [-0.39, 0.29) is 41.0 Å². The van der Waals surface area contributed by atoms with Gasteiger partial charge in [-0.05, 0) is 19.1 Å². The number of aromatic nitrogens is 2. The molecule has 0 saturated heterocycles. The van der Waals surface area contributed by atoms with Gasteiger partial charge in [-0.1, -0.05) is 6.07 Å². The fourth-order valence-corrected chi connectivity index (χ4v) is 1.82. The van der Waals surface area contributed by atoms with E-state index in [1.807, 2.05) is 0 Å². The van der Waals surface area contributed by atoms with Crippen LogP contribution in [0.15, 0.2) is 38.0 Å². The lowest BCUT2D eigenvalue weighted by molar-refractivity contribution is -0.125. The van der Waals surface area contributed by atoms with Crippen LogP contribution in [0, 0.1) is 0 Å². The van der Waals surface area contributed by atoms with Crippen LogP contribution in [0.5, 0.6) is 0 Å². The van der Waals surface area contributed by atoms with Gasteiger partial charge in [-0.3, -0.25) is 29.4 Å². The Morgan fingerprint density at radius 2 is 1.86 bits per heavy atom. The molecule has 1 aromatic carbocycles. The average Bonchev–Trinajstić information content (AvgIpc) is 2.42. The molecule has 0 fully saturated rings. The third kappa shape index (κ3) is 3.35. The molecule has 2 N–H and O–H groups in total. The number of carbonyl (C=O) groups is 2. The molecule has 0 aliphatic rings. The maximum absolute atomic E-state index is 11.8. The number of rotatable bonds is 5. The lowest BCUT2D eigenvalue weighted by Crippen LogP contribution is -2.18. The first-order valence-electron chi connectivity index (χ1n) is 6.11. The van der Waals surface area contributed by atoms with Crippen molar-refractivity contribution in [2.24, 2.45) is 10.2 Å². The zero-order chi connectivity index (χ0) is 15.4. The summed E-state index contributed by atoms with van der Waals surface area (Å²) in [4.78, 5) is 45.5. The molecule has 21 heavy (non-hydrogen) atoms. The van der Waals surface area contributed by atoms with E-state index in [0.29, 0.717) is 0 Å². The quantitative estimate of drug-likeness (QED) is 0.624. The van der Waals surface area contributed by atoms with E-state index in [0.717, 1.165) is 0 Å². The van der Waals surface area contributed by atoms with Crippen molar-refractivity contribution in [2.75, 3.05) is 6.54 Å². The lowest BCUT2D eigenvalue weighted by Gasteiger charge is -1.98. The van der Waals surface area contributed by atoms with Crippen LogP contribution in [0.25, 0.3) is 10.8 Å². The first kappa shape index (κ1) is 14.5. The normalized spacial score (nSPS) is 11.1. The number of fused-ring (bicyclic) bond motifs is 1. The molecule has 0 amide bonds. The summed E-state index contributed by atoms with van der Waals surface area (Å²) in [5.74, 6) is -0.610. The Labute approximate surface area is 117 Å². The highest BCUT2D eigenvalue weighted by atomic mass is 16.2. The van der Waals surface area contributed by atoms with Crippen LogP contribution < -0.4 is 11.1 Å². The molecule has 0 bridgehead atoms. The van der Waals surface area contributed by atoms with Crippen molar-refractivity contribution in [1.29, 1.82) is 0 Å². The van der Waals surface area contributed by atoms with Gasteiger partial charge in [0.15, 0.2) is 5.78 Å². The molecular formula is C13H12N4O4. The molecule has 0 aliphatic heterocycles. The van der Waals surface area contributed by atoms with Crippen LogP contribution in [-0.2, 0) is 9.59 Å². The minimum Gasteiger partial charge on any atom is -0.300 e. The van der Waals surface area contributed by atoms with Gasteiger partial charge in [-0.15, -0.1) is 0 Å². The third-order valence-corrected chi connectivity index (χ3v) is 2.68. The van der Waals surface area contributed by atoms with Crippen LogP contribution in [-0.4, -0.2) is 28.3 Å². The second-order valence-electron chi connectivity index (χ2n) is 4.42. The second kappa shape index (κ2) is 6.04. The number of hydrogen-bond acceptors (Lipinski definition) is 6. The van der Waals surface area contributed by atoms with E-state index in [1.54, 1.807) is 6.07 Å². The standard InChI is InChI=1S/C13H12N4O4/c1-7(18)5-8(19)6-14-15-10-4-2-3-9-11(10)13(21)17-16-12(9)20/h2-4H,5-6H2,1H3,(H,16,20)(H,17,21). The van der Waals surface area contributed by atoms with Gasteiger partial charge in [0.1, 0.15) is 12.3 Å². The molecule has 8 nitrogen and oxygen atoms in total. The van der Waals surface area contributed by atoms with Crippen molar-refractivity contribution >= 4 is 28.0 Å². The highest BCUT2D eigenvalue weighted by molar-refractivity contribution is 5.99. The minimum atomic E-state index is -0.505. The van der Waals surface area contributed by atoms with Gasteiger partial charge in [0.2, 0.25) is 0 Å². The SMILES string of the molecule is CC(=O)CC(=O)CN=Nc1cccc2c(=O)[nH][nH]c(=O)c12. The summed E-state index contributed by atoms with van der Waals surface area (Å²) in [6.45, 7) is 1.06. The molecule has 1 heterocycles. The van der Waals surface area contributed by atoms with Gasteiger partial charge in [0.05, 0.1) is 22.9 Å². The van der Waals surface area contributed by atoms with Crippen molar-refractivity contribution in [1.82, 2.24) is 10.2 Å². The Balaban J connectivity index is 2.33. The Morgan fingerprint density at radius 3 is 2.57 bits per heavy atom. The van der Waals surface area contributed by atoms with Gasteiger partial charge in [-0.25, -0.2) is 0 Å². The van der Waals surface area contributed by atoms with E-state index in [1.165, 1.54) is 19.1 Å². The van der Waals surface area contributed by atoms with Crippen LogP contribution in [0.3, 0.4) is 0 Å². The Bertz CT molecular complexity index is 847. The second-order valence-corrected chi connectivity index (χ2v) is 4.42. The number of H-pyrrole nitrogens is 2. The number of nitrogens with zero attached hydrogens (tertiary/aromatic N) is 2. The molecule has 0 saturated carbocycles. The van der Waals surface area contributed by atoms with Crippen molar-refractivity contribution in [3.8, 4) is 0 Å². The molecule has 108 valence electrons. The predicted molar refractivity (Wildman–Crippen MR) is 74.9 cm³/mol. The van der Waals surface area contributed by atoms with E-state index >= 15 is 0 Å². The lowest BCUT2D eigenvalue weighted by atomic mass is 10.1. The monoisotopic (exact) mass is 288 g/mol. The Morgan fingerprint density at radius 1 is 1.14 bits per heavy atom. The van der Waals surface area contributed by atoms with E-state index in [9.17, 15) is 19.2 Å². The van der Waals surface area contributed by atoms with Crippen molar-refractivity contribution in [3.05, 3.63) is 38.9 Å². The zero-order valence-corrected chi connectivity index (χ0v) is 11.2. The number of benzene rings is 1. The van der Waals surface area contributed by atoms with E-state index < -0.39 is 11.1 Å². The molecule has 2 aromatic rings.